The number of anilines is 2. The van der Waals surface area contributed by atoms with Gasteiger partial charge in [0, 0.05) is 49.7 Å². The molecular formula is C50H67N7O8. The molecule has 0 saturated carbocycles. The first-order valence-electron chi connectivity index (χ1n) is 22.2. The van der Waals surface area contributed by atoms with Crippen LogP contribution in [0.4, 0.5) is 11.4 Å². The Labute approximate surface area is 383 Å². The third-order valence-corrected chi connectivity index (χ3v) is 11.8. The number of carbonyl (C=O) groups is 7. The van der Waals surface area contributed by atoms with Gasteiger partial charge in [0.15, 0.2) is 0 Å². The van der Waals surface area contributed by atoms with E-state index in [2.05, 4.69) is 44.8 Å². The number of unbranched alkanes of at least 4 members (excludes halogenated alkanes) is 1. The normalized spacial score (nSPS) is 15.8. The monoisotopic (exact) mass is 894 g/mol. The Balaban J connectivity index is 1.25. The third-order valence-electron chi connectivity index (χ3n) is 11.8. The third kappa shape index (κ3) is 14.3. The van der Waals surface area contributed by atoms with Crippen LogP contribution in [0.2, 0.25) is 0 Å². The molecule has 65 heavy (non-hydrogen) atoms. The number of para-hydroxylation sites is 1. The van der Waals surface area contributed by atoms with Crippen molar-refractivity contribution >= 4 is 58.9 Å². The summed E-state index contributed by atoms with van der Waals surface area (Å²) < 4.78 is 0. The van der Waals surface area contributed by atoms with Crippen molar-refractivity contribution in [2.45, 2.75) is 111 Å². The molecular weight excluding hydrogens is 827 g/mol. The van der Waals surface area contributed by atoms with E-state index in [1.54, 1.807) is 32.3 Å². The number of fused-ring (bicyclic) bond motifs is 1. The minimum Gasteiger partial charge on any atom is -0.478 e. The average molecular weight is 894 g/mol. The number of hydrogen-bond acceptors (Lipinski definition) is 8. The summed E-state index contributed by atoms with van der Waals surface area (Å²) in [5, 5.41) is 23.3. The summed E-state index contributed by atoms with van der Waals surface area (Å²) in [6.45, 7) is 12.4. The molecule has 1 heterocycles. The van der Waals surface area contributed by atoms with Crippen LogP contribution in [0.5, 0.6) is 0 Å². The molecule has 2 aliphatic rings. The van der Waals surface area contributed by atoms with Gasteiger partial charge in [-0.05, 0) is 92.5 Å². The molecule has 0 aromatic heterocycles. The van der Waals surface area contributed by atoms with E-state index >= 15 is 0 Å². The van der Waals surface area contributed by atoms with Crippen molar-refractivity contribution in [3.05, 3.63) is 101 Å². The molecule has 0 bridgehead atoms. The summed E-state index contributed by atoms with van der Waals surface area (Å²) in [7, 11) is 3.19. The Morgan fingerprint density at radius 3 is 2.26 bits per heavy atom. The molecule has 1 aliphatic heterocycles. The Hall–Kier alpha value is -6.35. The van der Waals surface area contributed by atoms with Crippen LogP contribution in [0, 0.1) is 5.41 Å². The van der Waals surface area contributed by atoms with Gasteiger partial charge in [0.25, 0.3) is 0 Å². The highest BCUT2D eigenvalue weighted by Gasteiger charge is 2.41. The summed E-state index contributed by atoms with van der Waals surface area (Å²) in [4.78, 5) is 94.1. The van der Waals surface area contributed by atoms with Crippen LogP contribution in [0.15, 0.2) is 89.6 Å². The van der Waals surface area contributed by atoms with Gasteiger partial charge in [-0.1, -0.05) is 95.3 Å². The van der Waals surface area contributed by atoms with Gasteiger partial charge < -0.3 is 41.5 Å². The zero-order valence-electron chi connectivity index (χ0n) is 39.3. The van der Waals surface area contributed by atoms with Gasteiger partial charge in [0.2, 0.25) is 35.4 Å². The average Bonchev–Trinajstić information content (AvgIpc) is 3.25. The number of carboxylic acid groups (broad SMARTS) is 1. The first-order chi connectivity index (χ1) is 30.6. The number of aliphatic carboxylic acids is 1. The van der Waals surface area contributed by atoms with Crippen molar-refractivity contribution < 1.29 is 38.7 Å². The van der Waals surface area contributed by atoms with Crippen LogP contribution < -0.4 is 31.5 Å². The highest BCUT2D eigenvalue weighted by Crippen LogP contribution is 2.32. The first kappa shape index (κ1) is 51.3. The smallest absolute Gasteiger partial charge is 0.331 e. The molecule has 15 heteroatoms. The van der Waals surface area contributed by atoms with Crippen molar-refractivity contribution in [1.29, 1.82) is 0 Å². The van der Waals surface area contributed by atoms with E-state index in [9.17, 15) is 38.7 Å². The number of hydrogen-bond donors (Lipinski definition) is 6. The van der Waals surface area contributed by atoms with Crippen LogP contribution in [-0.4, -0.2) is 103 Å². The minimum absolute atomic E-state index is 0.00745. The lowest BCUT2D eigenvalue weighted by Gasteiger charge is -2.38. The van der Waals surface area contributed by atoms with Gasteiger partial charge >= 0.3 is 5.97 Å². The van der Waals surface area contributed by atoms with Gasteiger partial charge in [-0.15, -0.1) is 0 Å². The predicted molar refractivity (Wildman–Crippen MR) is 254 cm³/mol. The summed E-state index contributed by atoms with van der Waals surface area (Å²) in [5.74, 6) is -3.28. The fraction of sp³-hybridized carbons (Fsp3) is 0.460. The van der Waals surface area contributed by atoms with Crippen LogP contribution in [-0.2, 0) is 39.0 Å². The number of amides is 6. The molecule has 0 fully saturated rings. The molecule has 1 aliphatic carbocycles. The summed E-state index contributed by atoms with van der Waals surface area (Å²) in [5.41, 5.74) is 3.89. The van der Waals surface area contributed by atoms with Crippen LogP contribution in [0.25, 0.3) is 6.08 Å². The fourth-order valence-electron chi connectivity index (χ4n) is 7.73. The molecule has 15 nitrogen and oxygen atoms in total. The zero-order chi connectivity index (χ0) is 48.1. The van der Waals surface area contributed by atoms with E-state index in [1.807, 2.05) is 75.9 Å². The van der Waals surface area contributed by atoms with Crippen molar-refractivity contribution in [3.8, 4) is 0 Å². The summed E-state index contributed by atoms with van der Waals surface area (Å²) in [6, 6.07) is 12.1. The standard InChI is InChI=1S/C50H67N7O8/c1-32(48(64)65)27-28-56(9)47(63)44(49(3,4)5)55-46(62)43(51-8)50(6,7)37-20-16-21-38(29-37)54-45(61)33(2)53-41(59)30-52-40(58)23-14-15-24-42(60)57-31-36-19-11-10-17-34(36)25-26-35-18-12-13-22-39(35)57/h10,12-13,16-18,20-22,25-27,29,33,43-44,51H,11,14-15,19,23-24,28,30-31H2,1-9H3,(H,52,58)(H,53,59)(H,54,61)(H,55,62)(H,64,65)/b26-25-,32-27+/t33-,43?,44?/m0/s1. The Morgan fingerprint density at radius 2 is 1.57 bits per heavy atom. The molecule has 2 unspecified atom stereocenters. The Kier molecular flexibility index (Phi) is 18.2. The molecule has 0 spiro atoms. The van der Waals surface area contributed by atoms with Gasteiger partial charge in [-0.2, -0.15) is 0 Å². The van der Waals surface area contributed by atoms with Crippen molar-refractivity contribution in [3.63, 3.8) is 0 Å². The number of nitrogens with zero attached hydrogens (tertiary/aromatic N) is 2. The maximum absolute atomic E-state index is 13.9. The number of likely N-dealkylation sites (N-methyl/N-ethyl adjacent to an activating group) is 2. The van der Waals surface area contributed by atoms with Crippen LogP contribution >= 0.6 is 0 Å². The minimum atomic E-state index is -1.08. The number of rotatable bonds is 19. The number of benzene rings is 2. The first-order valence-corrected chi connectivity index (χ1v) is 22.2. The summed E-state index contributed by atoms with van der Waals surface area (Å²) >= 11 is 0. The number of nitrogens with one attached hydrogen (secondary N) is 5. The van der Waals surface area contributed by atoms with Gasteiger partial charge in [-0.25, -0.2) is 4.79 Å². The van der Waals surface area contributed by atoms with E-state index in [0.29, 0.717) is 30.6 Å². The van der Waals surface area contributed by atoms with Crippen LogP contribution in [0.1, 0.15) is 98.1 Å². The molecule has 3 atom stereocenters. The second-order valence-corrected chi connectivity index (χ2v) is 18.4. The number of carbonyl (C=O) groups excluding carboxylic acids is 6. The molecule has 2 aromatic rings. The SMILES string of the molecule is CNC(C(=O)NC(C(=O)N(C)C/C=C(\C)C(=O)O)C(C)(C)C)C(C)(C)c1cccc(NC(=O)[C@H](C)NC(=O)CNC(=O)CCCCC(=O)N2CC3=C(C=CCC3)/C=C\c3ccccc32)c1. The lowest BCUT2D eigenvalue weighted by atomic mass is 9.76. The molecule has 0 saturated heterocycles. The van der Waals surface area contributed by atoms with Crippen molar-refractivity contribution in [1.82, 2.24) is 26.2 Å². The fourth-order valence-corrected chi connectivity index (χ4v) is 7.73. The Bertz CT molecular complexity index is 2230. The van der Waals surface area contributed by atoms with E-state index < -0.39 is 52.6 Å². The molecule has 6 N–H and O–H groups in total. The number of allylic oxidation sites excluding steroid dienone is 4. The van der Waals surface area contributed by atoms with Gasteiger partial charge in [-0.3, -0.25) is 28.8 Å². The second-order valence-electron chi connectivity index (χ2n) is 18.4. The Morgan fingerprint density at radius 1 is 0.862 bits per heavy atom. The summed E-state index contributed by atoms with van der Waals surface area (Å²) in [6.07, 6.45) is 13.1. The van der Waals surface area contributed by atoms with Gasteiger partial charge in [0.05, 0.1) is 18.3 Å². The van der Waals surface area contributed by atoms with Crippen molar-refractivity contribution in [2.75, 3.05) is 43.9 Å². The highest BCUT2D eigenvalue weighted by atomic mass is 16.4. The second kappa shape index (κ2) is 23.0. The predicted octanol–water partition coefficient (Wildman–Crippen LogP) is 5.40. The van der Waals surface area contributed by atoms with E-state index in [0.717, 1.165) is 29.7 Å². The molecule has 350 valence electrons. The van der Waals surface area contributed by atoms with Crippen LogP contribution in [0.3, 0.4) is 0 Å². The largest absolute Gasteiger partial charge is 0.478 e. The zero-order valence-corrected chi connectivity index (χ0v) is 39.3. The molecule has 2 aromatic carbocycles. The van der Waals surface area contributed by atoms with E-state index in [-0.39, 0.29) is 49.2 Å². The molecule has 0 radical (unpaired) electrons. The quantitative estimate of drug-likeness (QED) is 0.0788. The maximum Gasteiger partial charge on any atom is 0.331 e. The molecule has 6 amide bonds. The highest BCUT2D eigenvalue weighted by molar-refractivity contribution is 5.98. The van der Waals surface area contributed by atoms with Gasteiger partial charge in [0.1, 0.15) is 12.1 Å². The lowest BCUT2D eigenvalue weighted by molar-refractivity contribution is -0.139. The lowest BCUT2D eigenvalue weighted by Crippen LogP contribution is -2.60. The topological polar surface area (TPSA) is 206 Å². The molecule has 4 rings (SSSR count). The maximum atomic E-state index is 13.9. The van der Waals surface area contributed by atoms with Crippen molar-refractivity contribution in [2.24, 2.45) is 5.41 Å². The van der Waals surface area contributed by atoms with E-state index in [4.69, 9.17) is 0 Å². The van der Waals surface area contributed by atoms with E-state index in [1.165, 1.54) is 30.4 Å². The number of carboxylic acids is 1.